The van der Waals surface area contributed by atoms with E-state index in [0.29, 0.717) is 13.0 Å². The van der Waals surface area contributed by atoms with Crippen LogP contribution in [0.5, 0.6) is 0 Å². The molecule has 0 spiro atoms. The van der Waals surface area contributed by atoms with Gasteiger partial charge >= 0.3 is 5.97 Å². The third kappa shape index (κ3) is 5.92. The normalized spacial score (nSPS) is 14.9. The second-order valence-corrected chi connectivity index (χ2v) is 3.02. The number of hydrogen-bond donors (Lipinski definition) is 1. The summed E-state index contributed by atoms with van der Waals surface area (Å²) < 4.78 is 4.79. The van der Waals surface area contributed by atoms with Crippen LogP contribution < -0.4 is 0 Å². The fourth-order valence-corrected chi connectivity index (χ4v) is 0.934. The molecule has 0 radical (unpaired) electrons. The Morgan fingerprint density at radius 1 is 1.67 bits per heavy atom. The van der Waals surface area contributed by atoms with E-state index < -0.39 is 5.97 Å². The maximum Gasteiger partial charge on any atom is 0.330 e. The number of ether oxygens (including phenoxy) is 1. The van der Waals surface area contributed by atoms with Crippen molar-refractivity contribution in [3.05, 3.63) is 12.7 Å². The third-order valence-electron chi connectivity index (χ3n) is 1.42. The summed E-state index contributed by atoms with van der Waals surface area (Å²) in [7, 11) is 0. The predicted octanol–water partition coefficient (Wildman–Crippen LogP) is 1.12. The van der Waals surface area contributed by atoms with Crippen molar-refractivity contribution in [1.29, 1.82) is 0 Å². The van der Waals surface area contributed by atoms with E-state index in [1.807, 2.05) is 6.92 Å². The lowest BCUT2D eigenvalue weighted by molar-refractivity contribution is -0.139. The number of aliphatic hydroxyl groups excluding tert-OH is 1. The van der Waals surface area contributed by atoms with Crippen LogP contribution in [0.4, 0.5) is 0 Å². The molecule has 0 fully saturated rings. The summed E-state index contributed by atoms with van der Waals surface area (Å²) >= 11 is 0. The molecule has 0 rings (SSSR count). The van der Waals surface area contributed by atoms with Crippen LogP contribution in [0.3, 0.4) is 0 Å². The van der Waals surface area contributed by atoms with Gasteiger partial charge in [-0.3, -0.25) is 0 Å². The van der Waals surface area contributed by atoms with E-state index in [9.17, 15) is 4.79 Å². The molecule has 3 nitrogen and oxygen atoms in total. The molecule has 0 bridgehead atoms. The molecule has 0 saturated heterocycles. The molecule has 0 saturated carbocycles. The highest BCUT2D eigenvalue weighted by molar-refractivity contribution is 5.81. The molecule has 2 unspecified atom stereocenters. The van der Waals surface area contributed by atoms with Crippen LogP contribution in [0.25, 0.3) is 0 Å². The minimum Gasteiger partial charge on any atom is -0.462 e. The average molecular weight is 172 g/mol. The quantitative estimate of drug-likeness (QED) is 0.499. The third-order valence-corrected chi connectivity index (χ3v) is 1.42. The van der Waals surface area contributed by atoms with Crippen molar-refractivity contribution in [2.24, 2.45) is 5.92 Å². The van der Waals surface area contributed by atoms with Crippen LogP contribution in [-0.4, -0.2) is 23.8 Å². The van der Waals surface area contributed by atoms with Gasteiger partial charge in [0.2, 0.25) is 0 Å². The highest BCUT2D eigenvalue weighted by Gasteiger charge is 2.07. The molecule has 0 aromatic heterocycles. The van der Waals surface area contributed by atoms with Gasteiger partial charge in [0, 0.05) is 6.08 Å². The first-order chi connectivity index (χ1) is 5.56. The Morgan fingerprint density at radius 3 is 2.67 bits per heavy atom. The van der Waals surface area contributed by atoms with Gasteiger partial charge in [0.15, 0.2) is 0 Å². The van der Waals surface area contributed by atoms with E-state index in [2.05, 4.69) is 6.58 Å². The van der Waals surface area contributed by atoms with Crippen molar-refractivity contribution >= 4 is 5.97 Å². The van der Waals surface area contributed by atoms with Gasteiger partial charge in [-0.15, -0.1) is 0 Å². The molecular weight excluding hydrogens is 156 g/mol. The molecule has 2 atom stereocenters. The van der Waals surface area contributed by atoms with E-state index in [4.69, 9.17) is 9.84 Å². The molecule has 0 aromatic rings. The predicted molar refractivity (Wildman–Crippen MR) is 46.6 cm³/mol. The number of aliphatic hydroxyl groups is 1. The highest BCUT2D eigenvalue weighted by Crippen LogP contribution is 2.05. The summed E-state index contributed by atoms with van der Waals surface area (Å²) in [6, 6.07) is 0. The zero-order valence-electron chi connectivity index (χ0n) is 7.62. The van der Waals surface area contributed by atoms with Crippen LogP contribution in [-0.2, 0) is 9.53 Å². The van der Waals surface area contributed by atoms with Crippen molar-refractivity contribution in [3.8, 4) is 0 Å². The Kier molecular flexibility index (Phi) is 5.37. The summed E-state index contributed by atoms with van der Waals surface area (Å²) in [6.07, 6.45) is 1.43. The molecule has 0 aromatic carbocycles. The SMILES string of the molecule is C=CC(=O)OCC(C)CC(C)O. The minimum atomic E-state index is -0.410. The zero-order chi connectivity index (χ0) is 9.56. The standard InChI is InChI=1S/C9H16O3/c1-4-9(11)12-6-7(2)5-8(3)10/h4,7-8,10H,1,5-6H2,2-3H3. The van der Waals surface area contributed by atoms with Crippen molar-refractivity contribution in [2.45, 2.75) is 26.4 Å². The molecule has 1 N–H and O–H groups in total. The molecule has 0 aliphatic rings. The van der Waals surface area contributed by atoms with Crippen LogP contribution in [0.1, 0.15) is 20.3 Å². The fraction of sp³-hybridized carbons (Fsp3) is 0.667. The van der Waals surface area contributed by atoms with E-state index in [1.54, 1.807) is 6.92 Å². The van der Waals surface area contributed by atoms with E-state index in [1.165, 1.54) is 0 Å². The average Bonchev–Trinajstić information content (AvgIpc) is 1.99. The Morgan fingerprint density at radius 2 is 2.25 bits per heavy atom. The van der Waals surface area contributed by atoms with Crippen LogP contribution in [0.15, 0.2) is 12.7 Å². The van der Waals surface area contributed by atoms with E-state index in [-0.39, 0.29) is 12.0 Å². The molecule has 12 heavy (non-hydrogen) atoms. The topological polar surface area (TPSA) is 46.5 Å². The minimum absolute atomic E-state index is 0.189. The number of hydrogen-bond acceptors (Lipinski definition) is 3. The van der Waals surface area contributed by atoms with Gasteiger partial charge in [0.1, 0.15) is 0 Å². The Balaban J connectivity index is 3.49. The molecule has 0 aliphatic heterocycles. The van der Waals surface area contributed by atoms with Crippen molar-refractivity contribution < 1.29 is 14.6 Å². The molecule has 0 aliphatic carbocycles. The Labute approximate surface area is 73.0 Å². The van der Waals surface area contributed by atoms with Crippen molar-refractivity contribution in [3.63, 3.8) is 0 Å². The van der Waals surface area contributed by atoms with Gasteiger partial charge in [-0.25, -0.2) is 4.79 Å². The van der Waals surface area contributed by atoms with Gasteiger partial charge < -0.3 is 9.84 Å². The number of rotatable bonds is 5. The van der Waals surface area contributed by atoms with Crippen molar-refractivity contribution in [1.82, 2.24) is 0 Å². The lowest BCUT2D eigenvalue weighted by atomic mass is 10.1. The summed E-state index contributed by atoms with van der Waals surface area (Å²) in [5.74, 6) is -0.221. The van der Waals surface area contributed by atoms with Gasteiger partial charge in [-0.1, -0.05) is 13.5 Å². The molecule has 0 heterocycles. The summed E-state index contributed by atoms with van der Waals surface area (Å²) in [6.45, 7) is 7.25. The molecular formula is C9H16O3. The summed E-state index contributed by atoms with van der Waals surface area (Å²) in [4.78, 5) is 10.6. The van der Waals surface area contributed by atoms with E-state index in [0.717, 1.165) is 6.08 Å². The first-order valence-electron chi connectivity index (χ1n) is 4.03. The van der Waals surface area contributed by atoms with Gasteiger partial charge in [0.05, 0.1) is 12.7 Å². The van der Waals surface area contributed by atoms with Crippen molar-refractivity contribution in [2.75, 3.05) is 6.61 Å². The molecule has 0 amide bonds. The number of carbonyl (C=O) groups excluding carboxylic acids is 1. The lowest BCUT2D eigenvalue weighted by Gasteiger charge is -2.12. The highest BCUT2D eigenvalue weighted by atomic mass is 16.5. The second-order valence-electron chi connectivity index (χ2n) is 3.02. The fourth-order valence-electron chi connectivity index (χ4n) is 0.934. The second kappa shape index (κ2) is 5.77. The van der Waals surface area contributed by atoms with Crippen LogP contribution >= 0.6 is 0 Å². The van der Waals surface area contributed by atoms with Gasteiger partial charge in [-0.2, -0.15) is 0 Å². The van der Waals surface area contributed by atoms with Gasteiger partial charge in [-0.05, 0) is 19.3 Å². The Bertz CT molecular complexity index is 152. The molecule has 3 heteroatoms. The first kappa shape index (κ1) is 11.2. The maximum absolute atomic E-state index is 10.6. The lowest BCUT2D eigenvalue weighted by Crippen LogP contribution is -2.14. The van der Waals surface area contributed by atoms with Gasteiger partial charge in [0.25, 0.3) is 0 Å². The van der Waals surface area contributed by atoms with E-state index >= 15 is 0 Å². The van der Waals surface area contributed by atoms with Crippen LogP contribution in [0.2, 0.25) is 0 Å². The monoisotopic (exact) mass is 172 g/mol. The smallest absolute Gasteiger partial charge is 0.330 e. The first-order valence-corrected chi connectivity index (χ1v) is 4.03. The number of carbonyl (C=O) groups is 1. The zero-order valence-corrected chi connectivity index (χ0v) is 7.62. The largest absolute Gasteiger partial charge is 0.462 e. The maximum atomic E-state index is 10.6. The summed E-state index contributed by atoms with van der Waals surface area (Å²) in [5, 5.41) is 8.98. The Hall–Kier alpha value is -0.830. The molecule has 70 valence electrons. The van der Waals surface area contributed by atoms with Crippen LogP contribution in [0, 0.1) is 5.92 Å². The number of esters is 1. The summed E-state index contributed by atoms with van der Waals surface area (Å²) in [5.41, 5.74) is 0.